The number of benzene rings is 3. The molecule has 2 saturated heterocycles. The molecule has 0 spiro atoms. The number of rotatable bonds is 18. The van der Waals surface area contributed by atoms with Gasteiger partial charge in [-0.3, -0.25) is 33.4 Å². The number of aromatic nitrogens is 6. The highest BCUT2D eigenvalue weighted by Crippen LogP contribution is 2.30. The number of unbranched alkanes of at least 4 members (excludes halogenated alkanes) is 1. The topological polar surface area (TPSA) is 229 Å². The van der Waals surface area contributed by atoms with E-state index in [2.05, 4.69) is 36.1 Å². The lowest BCUT2D eigenvalue weighted by Crippen LogP contribution is -2.57. The second kappa shape index (κ2) is 23.3. The molecule has 74 heavy (non-hydrogen) atoms. The summed E-state index contributed by atoms with van der Waals surface area (Å²) in [4.78, 5) is 90.2. The fraction of sp³-hybridized carbons (Fsp3) is 0.444. The zero-order valence-corrected chi connectivity index (χ0v) is 43.3. The van der Waals surface area contributed by atoms with Gasteiger partial charge in [0.1, 0.15) is 17.9 Å². The largest absolute Gasteiger partial charge is 0.391 e. The Kier molecular flexibility index (Phi) is 16.8. The monoisotopic (exact) mass is 1030 g/mol. The number of aliphatic hydroxyl groups excluding tert-OH is 1. The molecule has 0 aliphatic carbocycles. The molecule has 4 atom stereocenters. The van der Waals surface area contributed by atoms with Gasteiger partial charge in [0, 0.05) is 76.5 Å². The van der Waals surface area contributed by atoms with E-state index >= 15 is 4.39 Å². The van der Waals surface area contributed by atoms with E-state index in [1.54, 1.807) is 50.1 Å². The minimum Gasteiger partial charge on any atom is -0.391 e. The second-order valence-electron chi connectivity index (χ2n) is 20.4. The van der Waals surface area contributed by atoms with Crippen LogP contribution in [0.3, 0.4) is 0 Å². The van der Waals surface area contributed by atoms with Crippen molar-refractivity contribution in [3.8, 4) is 10.4 Å². The summed E-state index contributed by atoms with van der Waals surface area (Å²) in [5, 5.41) is 33.0. The fourth-order valence-electron chi connectivity index (χ4n) is 9.62. The molecule has 2 aliphatic rings. The number of aryl methyl sites for hydroxylation is 3. The average molecular weight is 1030 g/mol. The number of carbonyl (C=O) groups is 5. The molecule has 390 valence electrons. The van der Waals surface area contributed by atoms with Gasteiger partial charge in [0.05, 0.1) is 50.6 Å². The number of aromatic amines is 1. The van der Waals surface area contributed by atoms with Crippen LogP contribution in [0, 0.1) is 18.2 Å². The number of carbonyl (C=O) groups excluding carboxylic acids is 5. The van der Waals surface area contributed by atoms with E-state index in [0.29, 0.717) is 67.3 Å². The Labute approximate surface area is 432 Å². The predicted octanol–water partition coefficient (Wildman–Crippen LogP) is 5.52. The summed E-state index contributed by atoms with van der Waals surface area (Å²) < 4.78 is 16.7. The highest BCUT2D eigenvalue weighted by Gasteiger charge is 2.44. The minimum atomic E-state index is -0.934. The standard InChI is InChI=1S/C54H64FN11O7S/c1-33(36-17-19-37(20-18-36)48-34(2)56-32-74-48)57-51(71)45-29-39(67)31-66(45)53(73)49(54(3,4)5)58-46(68)14-8-9-22-65-30-38(59-62-65)11-10-15-47(69)63-23-25-64(26-24-63)52(72)42-27-35(16-21-43(42)55)28-44-40-12-6-7-13-41(40)50(70)61-60-44/h6-7,12-13,16-21,27,30,32-33,39,45,49,67H,8-11,14-15,22-26,28-29,31H2,1-5H3,(H,57,71)(H,58,68)(H,61,70)/t33-,39+,45-,49+/m0/s1. The van der Waals surface area contributed by atoms with E-state index in [-0.39, 0.29) is 80.2 Å². The Bertz CT molecular complexity index is 3050. The van der Waals surface area contributed by atoms with Gasteiger partial charge in [-0.05, 0) is 79.8 Å². The summed E-state index contributed by atoms with van der Waals surface area (Å²) in [6, 6.07) is 17.2. The molecule has 2 fully saturated rings. The Hall–Kier alpha value is -7.19. The van der Waals surface area contributed by atoms with Gasteiger partial charge in [0.15, 0.2) is 0 Å². The van der Waals surface area contributed by atoms with Crippen molar-refractivity contribution in [3.63, 3.8) is 0 Å². The van der Waals surface area contributed by atoms with Crippen molar-refractivity contribution >= 4 is 51.6 Å². The Balaban J connectivity index is 0.740. The lowest BCUT2D eigenvalue weighted by molar-refractivity contribution is -0.144. The molecule has 8 rings (SSSR count). The second-order valence-corrected chi connectivity index (χ2v) is 21.2. The van der Waals surface area contributed by atoms with Gasteiger partial charge in [-0.1, -0.05) is 74.5 Å². The number of fused-ring (bicyclic) bond motifs is 1. The SMILES string of the molecule is Cc1ncsc1-c1ccc([C@H](C)NC(=O)[C@@H]2C[C@@H](O)CN2C(=O)[C@@H](NC(=O)CCCCn2cc(CCCC(=O)N3CCN(C(=O)c4cc(Cc5n[nH]c(=O)c6ccccc56)ccc4F)CC3)nn2)C(C)(C)C)cc1. The normalized spacial score (nSPS) is 16.8. The molecule has 4 N–H and O–H groups in total. The lowest BCUT2D eigenvalue weighted by Gasteiger charge is -2.35. The van der Waals surface area contributed by atoms with Gasteiger partial charge in [-0.2, -0.15) is 5.10 Å². The van der Waals surface area contributed by atoms with Gasteiger partial charge < -0.3 is 30.4 Å². The third-order valence-electron chi connectivity index (χ3n) is 13.8. The molecule has 5 heterocycles. The summed E-state index contributed by atoms with van der Waals surface area (Å²) in [5.41, 5.74) is 5.66. The number of nitrogens with zero attached hydrogens (tertiary/aromatic N) is 8. The average Bonchev–Trinajstić information content (AvgIpc) is 4.15. The van der Waals surface area contributed by atoms with E-state index < -0.39 is 41.2 Å². The van der Waals surface area contributed by atoms with Crippen molar-refractivity contribution in [1.82, 2.24) is 55.5 Å². The molecular formula is C54H64FN11O7S. The summed E-state index contributed by atoms with van der Waals surface area (Å²) in [5.74, 6) is -2.22. The molecule has 0 saturated carbocycles. The Morgan fingerprint density at radius 1 is 0.919 bits per heavy atom. The fourth-order valence-corrected chi connectivity index (χ4v) is 10.4. The number of halogens is 1. The van der Waals surface area contributed by atoms with Crippen LogP contribution in [0.1, 0.15) is 111 Å². The zero-order chi connectivity index (χ0) is 52.7. The first-order valence-electron chi connectivity index (χ1n) is 25.2. The predicted molar refractivity (Wildman–Crippen MR) is 277 cm³/mol. The Morgan fingerprint density at radius 3 is 2.36 bits per heavy atom. The molecule has 3 aromatic heterocycles. The first-order chi connectivity index (χ1) is 35.4. The van der Waals surface area contributed by atoms with E-state index in [4.69, 9.17) is 0 Å². The van der Waals surface area contributed by atoms with Gasteiger partial charge in [-0.15, -0.1) is 16.4 Å². The van der Waals surface area contributed by atoms with Gasteiger partial charge in [0.2, 0.25) is 23.6 Å². The number of piperazine rings is 1. The summed E-state index contributed by atoms with van der Waals surface area (Å²) >= 11 is 1.57. The van der Waals surface area contributed by atoms with Crippen LogP contribution >= 0.6 is 11.3 Å². The summed E-state index contributed by atoms with van der Waals surface area (Å²) in [6.07, 6.45) is 3.99. The number of thiazole rings is 1. The quantitative estimate of drug-likeness (QED) is 0.0784. The maximum atomic E-state index is 15.0. The molecule has 5 amide bonds. The molecule has 3 aromatic carbocycles. The van der Waals surface area contributed by atoms with E-state index in [1.807, 2.05) is 76.7 Å². The van der Waals surface area contributed by atoms with E-state index in [1.165, 1.54) is 17.0 Å². The molecule has 6 aromatic rings. The molecule has 0 bridgehead atoms. The van der Waals surface area contributed by atoms with Crippen LogP contribution in [-0.2, 0) is 38.6 Å². The number of amides is 5. The molecule has 2 aliphatic heterocycles. The number of nitrogens with one attached hydrogen (secondary N) is 3. The van der Waals surface area contributed by atoms with Gasteiger partial charge >= 0.3 is 0 Å². The van der Waals surface area contributed by atoms with Crippen molar-refractivity contribution in [2.75, 3.05) is 32.7 Å². The van der Waals surface area contributed by atoms with Gasteiger partial charge in [-0.25, -0.2) is 14.5 Å². The van der Waals surface area contributed by atoms with E-state index in [9.17, 15) is 33.9 Å². The molecule has 0 unspecified atom stereocenters. The Morgan fingerprint density at radius 2 is 1.65 bits per heavy atom. The van der Waals surface area contributed by atoms with Crippen LogP contribution in [0.2, 0.25) is 0 Å². The van der Waals surface area contributed by atoms with Crippen molar-refractivity contribution in [2.24, 2.45) is 5.41 Å². The van der Waals surface area contributed by atoms with Crippen molar-refractivity contribution in [3.05, 3.63) is 128 Å². The van der Waals surface area contributed by atoms with Crippen molar-refractivity contribution < 1.29 is 33.5 Å². The number of hydrogen-bond acceptors (Lipinski definition) is 12. The van der Waals surface area contributed by atoms with Crippen LogP contribution in [0.15, 0.2) is 83.2 Å². The first-order valence-corrected chi connectivity index (χ1v) is 26.1. The van der Waals surface area contributed by atoms with Crippen molar-refractivity contribution in [1.29, 1.82) is 0 Å². The van der Waals surface area contributed by atoms with Crippen LogP contribution in [0.25, 0.3) is 21.2 Å². The molecule has 20 heteroatoms. The minimum absolute atomic E-state index is 0.0183. The van der Waals surface area contributed by atoms with Crippen LogP contribution in [-0.4, -0.2) is 130 Å². The number of aliphatic hydroxyl groups is 1. The number of likely N-dealkylation sites (tertiary alicyclic amines) is 1. The smallest absolute Gasteiger partial charge is 0.272 e. The third kappa shape index (κ3) is 12.8. The van der Waals surface area contributed by atoms with Crippen LogP contribution in [0.5, 0.6) is 0 Å². The van der Waals surface area contributed by atoms with Crippen LogP contribution in [0.4, 0.5) is 4.39 Å². The van der Waals surface area contributed by atoms with E-state index in [0.717, 1.165) is 27.4 Å². The molecule has 18 nitrogen and oxygen atoms in total. The number of hydrogen-bond donors (Lipinski definition) is 4. The summed E-state index contributed by atoms with van der Waals surface area (Å²) in [7, 11) is 0. The highest BCUT2D eigenvalue weighted by molar-refractivity contribution is 7.13. The first kappa shape index (κ1) is 53.1. The third-order valence-corrected chi connectivity index (χ3v) is 14.8. The zero-order valence-electron chi connectivity index (χ0n) is 42.5. The number of β-amino-alcohol motifs (C(OH)–C–C–N with tert-alkyl or cyclic N) is 1. The maximum Gasteiger partial charge on any atom is 0.272 e. The highest BCUT2D eigenvalue weighted by atomic mass is 32.1. The summed E-state index contributed by atoms with van der Waals surface area (Å²) in [6.45, 7) is 11.1. The number of H-pyrrole nitrogens is 1. The molecule has 0 radical (unpaired) electrons. The van der Waals surface area contributed by atoms with Crippen LogP contribution < -0.4 is 16.2 Å². The van der Waals surface area contributed by atoms with Crippen molar-refractivity contribution in [2.45, 2.75) is 117 Å². The van der Waals surface area contributed by atoms with Gasteiger partial charge in [0.25, 0.3) is 11.5 Å². The maximum absolute atomic E-state index is 15.0. The lowest BCUT2D eigenvalue weighted by atomic mass is 9.85. The molecular weight excluding hydrogens is 966 g/mol.